The summed E-state index contributed by atoms with van der Waals surface area (Å²) in [5.74, 6) is 0.439. The minimum atomic E-state index is -0.731. The van der Waals surface area contributed by atoms with E-state index in [1.165, 1.54) is 5.56 Å². The molecular formula is C14H20N4OS. The minimum Gasteiger partial charge on any atom is -0.383 e. The molecule has 1 atom stereocenters. The Morgan fingerprint density at radius 3 is 2.45 bits per heavy atom. The predicted octanol–water partition coefficient (Wildman–Crippen LogP) is 2.91. The van der Waals surface area contributed by atoms with Gasteiger partial charge in [-0.2, -0.15) is 5.10 Å². The number of hydrogen-bond donors (Lipinski definition) is 4. The first-order valence-corrected chi connectivity index (χ1v) is 6.94. The lowest BCUT2D eigenvalue weighted by Crippen LogP contribution is -2.14. The molecule has 1 aromatic heterocycles. The summed E-state index contributed by atoms with van der Waals surface area (Å²) in [6, 6.07) is 8.22. The van der Waals surface area contributed by atoms with Gasteiger partial charge in [-0.3, -0.25) is 5.10 Å². The van der Waals surface area contributed by atoms with Gasteiger partial charge in [0.15, 0.2) is 10.6 Å². The van der Waals surface area contributed by atoms with Crippen LogP contribution in [-0.2, 0) is 5.41 Å². The number of aromatic amines is 2. The summed E-state index contributed by atoms with van der Waals surface area (Å²) in [7, 11) is 0. The van der Waals surface area contributed by atoms with Gasteiger partial charge in [0.25, 0.3) is 0 Å². The fourth-order valence-corrected chi connectivity index (χ4v) is 1.99. The van der Waals surface area contributed by atoms with Gasteiger partial charge in [0.1, 0.15) is 6.10 Å². The molecule has 0 aliphatic heterocycles. The Kier molecular flexibility index (Phi) is 4.25. The van der Waals surface area contributed by atoms with Crippen LogP contribution in [0.2, 0.25) is 0 Å². The zero-order valence-corrected chi connectivity index (χ0v) is 12.7. The highest BCUT2D eigenvalue weighted by atomic mass is 32.1. The number of benzene rings is 1. The van der Waals surface area contributed by atoms with Crippen molar-refractivity contribution in [2.75, 3.05) is 11.9 Å². The summed E-state index contributed by atoms with van der Waals surface area (Å²) in [5, 5.41) is 19.6. The molecule has 0 spiro atoms. The van der Waals surface area contributed by atoms with Gasteiger partial charge in [0, 0.05) is 12.2 Å². The molecular weight excluding hydrogens is 272 g/mol. The van der Waals surface area contributed by atoms with Crippen LogP contribution in [0.1, 0.15) is 38.3 Å². The number of nitrogens with one attached hydrogen (secondary N) is 3. The van der Waals surface area contributed by atoms with E-state index in [-0.39, 0.29) is 5.41 Å². The zero-order valence-electron chi connectivity index (χ0n) is 11.9. The Hall–Kier alpha value is -1.66. The van der Waals surface area contributed by atoms with Crippen LogP contribution in [0.5, 0.6) is 0 Å². The second kappa shape index (κ2) is 5.76. The van der Waals surface area contributed by atoms with Gasteiger partial charge in [-0.15, -0.1) is 0 Å². The number of rotatable bonds is 4. The lowest BCUT2D eigenvalue weighted by atomic mass is 9.87. The molecule has 2 aromatic rings. The zero-order chi connectivity index (χ0) is 14.8. The van der Waals surface area contributed by atoms with Crippen molar-refractivity contribution >= 4 is 17.9 Å². The second-order valence-corrected chi connectivity index (χ2v) is 6.20. The number of aliphatic hydroxyl groups is 1. The predicted molar refractivity (Wildman–Crippen MR) is 82.4 cm³/mol. The topological polar surface area (TPSA) is 76.7 Å². The highest BCUT2D eigenvalue weighted by Gasteiger charge is 2.13. The number of H-pyrrole nitrogens is 2. The quantitative estimate of drug-likeness (QED) is 0.654. The van der Waals surface area contributed by atoms with Crippen LogP contribution in [0.4, 0.5) is 5.69 Å². The molecule has 20 heavy (non-hydrogen) atoms. The maximum Gasteiger partial charge on any atom is 0.192 e. The molecule has 4 N–H and O–H groups in total. The first-order chi connectivity index (χ1) is 9.36. The third-order valence-electron chi connectivity index (χ3n) is 3.09. The Labute approximate surface area is 123 Å². The standard InChI is InChI=1S/C14H20N4OS/c1-14(2,3)9-4-6-10(7-5-9)15-8-11(19)12-16-13(20)18-17-12/h4-7,11,15,19H,8H2,1-3H3,(H2,16,17,18,20). The average molecular weight is 292 g/mol. The van der Waals surface area contributed by atoms with Crippen LogP contribution in [0.3, 0.4) is 0 Å². The SMILES string of the molecule is CC(C)(C)c1ccc(NCC(O)c2n[nH]c(=S)[nH]2)cc1. The molecule has 0 fully saturated rings. The fraction of sp³-hybridized carbons (Fsp3) is 0.429. The van der Waals surface area contributed by atoms with Gasteiger partial charge in [0.2, 0.25) is 0 Å². The summed E-state index contributed by atoms with van der Waals surface area (Å²) >= 11 is 4.87. The number of aliphatic hydroxyl groups excluding tert-OH is 1. The molecule has 0 radical (unpaired) electrons. The summed E-state index contributed by atoms with van der Waals surface area (Å²) in [4.78, 5) is 2.80. The third-order valence-corrected chi connectivity index (χ3v) is 3.28. The van der Waals surface area contributed by atoms with Crippen molar-refractivity contribution in [2.24, 2.45) is 0 Å². The Bertz CT molecular complexity index is 609. The van der Waals surface area contributed by atoms with Crippen molar-refractivity contribution < 1.29 is 5.11 Å². The van der Waals surface area contributed by atoms with Crippen LogP contribution in [0.15, 0.2) is 24.3 Å². The highest BCUT2D eigenvalue weighted by molar-refractivity contribution is 7.71. The highest BCUT2D eigenvalue weighted by Crippen LogP contribution is 2.23. The molecule has 0 saturated carbocycles. The monoisotopic (exact) mass is 292 g/mol. The van der Waals surface area contributed by atoms with E-state index < -0.39 is 6.10 Å². The molecule has 1 unspecified atom stereocenters. The van der Waals surface area contributed by atoms with Crippen LogP contribution >= 0.6 is 12.2 Å². The van der Waals surface area contributed by atoms with Gasteiger partial charge in [-0.25, -0.2) is 0 Å². The Morgan fingerprint density at radius 2 is 1.95 bits per heavy atom. The summed E-state index contributed by atoms with van der Waals surface area (Å²) in [5.41, 5.74) is 2.38. The first kappa shape index (κ1) is 14.7. The fourth-order valence-electron chi connectivity index (χ4n) is 1.84. The van der Waals surface area contributed by atoms with Crippen LogP contribution in [0, 0.1) is 4.77 Å². The lowest BCUT2D eigenvalue weighted by Gasteiger charge is -2.19. The molecule has 0 amide bonds. The minimum absolute atomic E-state index is 0.141. The molecule has 2 rings (SSSR count). The summed E-state index contributed by atoms with van der Waals surface area (Å²) in [6.07, 6.45) is -0.731. The molecule has 0 bridgehead atoms. The van der Waals surface area contributed by atoms with Crippen molar-refractivity contribution in [3.8, 4) is 0 Å². The van der Waals surface area contributed by atoms with Crippen molar-refractivity contribution in [3.05, 3.63) is 40.4 Å². The van der Waals surface area contributed by atoms with Crippen molar-refractivity contribution in [1.82, 2.24) is 15.2 Å². The Morgan fingerprint density at radius 1 is 1.30 bits per heavy atom. The number of nitrogens with zero attached hydrogens (tertiary/aromatic N) is 1. The maximum absolute atomic E-state index is 9.96. The van der Waals surface area contributed by atoms with Gasteiger partial charge in [-0.1, -0.05) is 32.9 Å². The number of anilines is 1. The average Bonchev–Trinajstić information content (AvgIpc) is 2.82. The largest absolute Gasteiger partial charge is 0.383 e. The first-order valence-electron chi connectivity index (χ1n) is 6.53. The lowest BCUT2D eigenvalue weighted by molar-refractivity contribution is 0.182. The van der Waals surface area contributed by atoms with E-state index >= 15 is 0 Å². The normalized spacial score (nSPS) is 13.2. The van der Waals surface area contributed by atoms with E-state index in [1.54, 1.807) is 0 Å². The van der Waals surface area contributed by atoms with Gasteiger partial charge in [0.05, 0.1) is 0 Å². The van der Waals surface area contributed by atoms with E-state index in [2.05, 4.69) is 53.4 Å². The molecule has 1 heterocycles. The van der Waals surface area contributed by atoms with Gasteiger partial charge >= 0.3 is 0 Å². The van der Waals surface area contributed by atoms with E-state index in [0.717, 1.165) is 5.69 Å². The van der Waals surface area contributed by atoms with Gasteiger partial charge in [-0.05, 0) is 35.3 Å². The molecule has 108 valence electrons. The number of hydrogen-bond acceptors (Lipinski definition) is 4. The summed E-state index contributed by atoms with van der Waals surface area (Å²) < 4.78 is 0.411. The molecule has 0 aliphatic carbocycles. The Balaban J connectivity index is 1.96. The van der Waals surface area contributed by atoms with E-state index in [4.69, 9.17) is 12.2 Å². The summed E-state index contributed by atoms with van der Waals surface area (Å²) in [6.45, 7) is 6.90. The molecule has 1 aromatic carbocycles. The van der Waals surface area contributed by atoms with E-state index in [9.17, 15) is 5.11 Å². The van der Waals surface area contributed by atoms with Gasteiger partial charge < -0.3 is 15.4 Å². The van der Waals surface area contributed by atoms with Crippen molar-refractivity contribution in [2.45, 2.75) is 32.3 Å². The molecule has 0 aliphatic rings. The molecule has 6 heteroatoms. The van der Waals surface area contributed by atoms with Crippen molar-refractivity contribution in [1.29, 1.82) is 0 Å². The molecule has 5 nitrogen and oxygen atoms in total. The van der Waals surface area contributed by atoms with Crippen LogP contribution in [0.25, 0.3) is 0 Å². The van der Waals surface area contributed by atoms with Crippen LogP contribution in [-0.4, -0.2) is 26.8 Å². The third kappa shape index (κ3) is 3.68. The van der Waals surface area contributed by atoms with Crippen molar-refractivity contribution in [3.63, 3.8) is 0 Å². The van der Waals surface area contributed by atoms with E-state index in [1.807, 2.05) is 12.1 Å². The molecule has 0 saturated heterocycles. The maximum atomic E-state index is 9.96. The van der Waals surface area contributed by atoms with Crippen LogP contribution < -0.4 is 5.32 Å². The number of aromatic nitrogens is 3. The second-order valence-electron chi connectivity index (χ2n) is 5.79. The smallest absolute Gasteiger partial charge is 0.192 e. The van der Waals surface area contributed by atoms with E-state index in [0.29, 0.717) is 17.1 Å².